The summed E-state index contributed by atoms with van der Waals surface area (Å²) in [5.41, 5.74) is 3.47. The Morgan fingerprint density at radius 2 is 1.67 bits per heavy atom. The van der Waals surface area contributed by atoms with E-state index in [0.29, 0.717) is 5.70 Å². The number of carbonyl (C=O) groups excluding carboxylic acids is 2. The summed E-state index contributed by atoms with van der Waals surface area (Å²) in [4.78, 5) is 24.1. The normalized spacial score (nSPS) is 19.1. The first kappa shape index (κ1) is 11.5. The van der Waals surface area contributed by atoms with Crippen molar-refractivity contribution in [2.75, 3.05) is 7.05 Å². The molecule has 1 heterocycles. The monoisotopic (exact) mass is 208 g/mol. The van der Waals surface area contributed by atoms with Crippen molar-refractivity contribution in [3.05, 3.63) is 22.4 Å². The number of hydrogen-bond acceptors (Lipinski definition) is 2. The standard InChI is InChI=1S/C11H16N2O2/c1-6(2)7(3)8(4)9-10(14)12-11(15)13(9)5/h1-5H3,(H,12,14,15)/b9-8-. The molecule has 1 N–H and O–H groups in total. The highest BCUT2D eigenvalue weighted by atomic mass is 16.2. The lowest BCUT2D eigenvalue weighted by atomic mass is 10.0. The Morgan fingerprint density at radius 1 is 1.13 bits per heavy atom. The first-order valence-corrected chi connectivity index (χ1v) is 4.80. The van der Waals surface area contributed by atoms with Crippen LogP contribution in [0.25, 0.3) is 0 Å². The summed E-state index contributed by atoms with van der Waals surface area (Å²) >= 11 is 0. The van der Waals surface area contributed by atoms with E-state index in [4.69, 9.17) is 0 Å². The van der Waals surface area contributed by atoms with Gasteiger partial charge in [-0.15, -0.1) is 0 Å². The Labute approximate surface area is 89.6 Å². The van der Waals surface area contributed by atoms with Crippen LogP contribution in [0.4, 0.5) is 4.79 Å². The molecule has 82 valence electrons. The van der Waals surface area contributed by atoms with Gasteiger partial charge in [-0.3, -0.25) is 15.0 Å². The molecule has 0 aromatic heterocycles. The van der Waals surface area contributed by atoms with E-state index >= 15 is 0 Å². The molecule has 0 spiro atoms. The molecule has 1 rings (SSSR count). The first-order valence-electron chi connectivity index (χ1n) is 4.80. The van der Waals surface area contributed by atoms with E-state index in [9.17, 15) is 9.59 Å². The van der Waals surface area contributed by atoms with Crippen molar-refractivity contribution in [3.63, 3.8) is 0 Å². The molecule has 0 aromatic rings. The van der Waals surface area contributed by atoms with Gasteiger partial charge >= 0.3 is 6.03 Å². The summed E-state index contributed by atoms with van der Waals surface area (Å²) in [6.07, 6.45) is 0. The summed E-state index contributed by atoms with van der Waals surface area (Å²) in [5.74, 6) is -0.319. The van der Waals surface area contributed by atoms with Gasteiger partial charge < -0.3 is 0 Å². The van der Waals surface area contributed by atoms with Gasteiger partial charge in [0.2, 0.25) is 0 Å². The van der Waals surface area contributed by atoms with Crippen molar-refractivity contribution in [1.82, 2.24) is 10.2 Å². The number of imide groups is 1. The zero-order valence-electron chi connectivity index (χ0n) is 9.76. The predicted octanol–water partition coefficient (Wildman–Crippen LogP) is 1.80. The summed E-state index contributed by atoms with van der Waals surface area (Å²) < 4.78 is 0. The number of nitrogens with one attached hydrogen (secondary N) is 1. The van der Waals surface area contributed by atoms with Crippen LogP contribution in [0.5, 0.6) is 0 Å². The molecule has 1 fully saturated rings. The Kier molecular flexibility index (Phi) is 2.98. The number of urea groups is 1. The summed E-state index contributed by atoms with van der Waals surface area (Å²) in [5, 5.41) is 2.26. The molecule has 0 bridgehead atoms. The van der Waals surface area contributed by atoms with E-state index in [1.807, 2.05) is 27.7 Å². The lowest BCUT2D eigenvalue weighted by molar-refractivity contribution is -0.116. The fourth-order valence-electron chi connectivity index (χ4n) is 1.47. The van der Waals surface area contributed by atoms with E-state index in [2.05, 4.69) is 5.32 Å². The third-order valence-corrected chi connectivity index (χ3v) is 2.74. The number of carbonyl (C=O) groups is 2. The van der Waals surface area contributed by atoms with Crippen LogP contribution in [-0.2, 0) is 4.79 Å². The molecule has 1 aliphatic heterocycles. The number of likely N-dealkylation sites (N-methyl/N-ethyl adjacent to an activating group) is 1. The van der Waals surface area contributed by atoms with E-state index in [-0.39, 0.29) is 11.9 Å². The molecule has 1 aliphatic rings. The van der Waals surface area contributed by atoms with Gasteiger partial charge in [0, 0.05) is 7.05 Å². The van der Waals surface area contributed by atoms with Gasteiger partial charge in [0.25, 0.3) is 5.91 Å². The van der Waals surface area contributed by atoms with Crippen molar-refractivity contribution >= 4 is 11.9 Å². The van der Waals surface area contributed by atoms with Crippen LogP contribution in [0.3, 0.4) is 0 Å². The average molecular weight is 208 g/mol. The molecule has 0 aromatic carbocycles. The molecule has 15 heavy (non-hydrogen) atoms. The molecule has 4 nitrogen and oxygen atoms in total. The smallest absolute Gasteiger partial charge is 0.292 e. The topological polar surface area (TPSA) is 49.4 Å². The largest absolute Gasteiger partial charge is 0.328 e. The van der Waals surface area contributed by atoms with Crippen LogP contribution in [-0.4, -0.2) is 23.9 Å². The molecule has 0 aliphatic carbocycles. The Hall–Kier alpha value is -1.58. The van der Waals surface area contributed by atoms with E-state index < -0.39 is 0 Å². The quantitative estimate of drug-likeness (QED) is 0.527. The van der Waals surface area contributed by atoms with Crippen molar-refractivity contribution in [2.24, 2.45) is 0 Å². The van der Waals surface area contributed by atoms with E-state index in [1.54, 1.807) is 7.05 Å². The summed E-state index contributed by atoms with van der Waals surface area (Å²) in [7, 11) is 1.59. The molecule has 3 amide bonds. The average Bonchev–Trinajstić information content (AvgIpc) is 2.39. The lowest BCUT2D eigenvalue weighted by Gasteiger charge is -2.12. The van der Waals surface area contributed by atoms with Crippen LogP contribution >= 0.6 is 0 Å². The molecule has 0 unspecified atom stereocenters. The number of hydrogen-bond donors (Lipinski definition) is 1. The second kappa shape index (κ2) is 3.88. The highest BCUT2D eigenvalue weighted by Gasteiger charge is 2.31. The van der Waals surface area contributed by atoms with E-state index in [1.165, 1.54) is 4.90 Å². The van der Waals surface area contributed by atoms with Crippen LogP contribution in [0.15, 0.2) is 22.4 Å². The number of amides is 3. The number of allylic oxidation sites excluding steroid dienone is 3. The number of rotatable bonds is 1. The first-order chi connectivity index (χ1) is 6.86. The zero-order chi connectivity index (χ0) is 11.7. The summed E-state index contributed by atoms with van der Waals surface area (Å²) in [6.45, 7) is 7.76. The molecule has 4 heteroatoms. The molecule has 0 saturated carbocycles. The van der Waals surface area contributed by atoms with Crippen molar-refractivity contribution in [1.29, 1.82) is 0 Å². The Morgan fingerprint density at radius 3 is 2.00 bits per heavy atom. The van der Waals surface area contributed by atoms with E-state index in [0.717, 1.165) is 16.7 Å². The lowest BCUT2D eigenvalue weighted by Crippen LogP contribution is -2.24. The van der Waals surface area contributed by atoms with Gasteiger partial charge in [-0.1, -0.05) is 5.57 Å². The molecular formula is C11H16N2O2. The van der Waals surface area contributed by atoms with Crippen LogP contribution in [0.2, 0.25) is 0 Å². The van der Waals surface area contributed by atoms with Crippen LogP contribution in [0.1, 0.15) is 27.7 Å². The second-order valence-electron chi connectivity index (χ2n) is 3.92. The minimum absolute atomic E-state index is 0.319. The van der Waals surface area contributed by atoms with Gasteiger partial charge in [0.05, 0.1) is 0 Å². The Balaban J connectivity index is 3.27. The summed E-state index contributed by atoms with van der Waals surface area (Å²) in [6, 6.07) is -0.365. The zero-order valence-corrected chi connectivity index (χ0v) is 9.76. The molecular weight excluding hydrogens is 192 g/mol. The van der Waals surface area contributed by atoms with Crippen molar-refractivity contribution < 1.29 is 9.59 Å². The van der Waals surface area contributed by atoms with Crippen molar-refractivity contribution in [3.8, 4) is 0 Å². The van der Waals surface area contributed by atoms with Gasteiger partial charge in [-0.25, -0.2) is 4.79 Å². The fraction of sp³-hybridized carbons (Fsp3) is 0.455. The van der Waals surface area contributed by atoms with Crippen LogP contribution in [0, 0.1) is 0 Å². The second-order valence-corrected chi connectivity index (χ2v) is 3.92. The fourth-order valence-corrected chi connectivity index (χ4v) is 1.47. The maximum Gasteiger partial charge on any atom is 0.328 e. The van der Waals surface area contributed by atoms with Crippen molar-refractivity contribution in [2.45, 2.75) is 27.7 Å². The molecule has 0 atom stereocenters. The third kappa shape index (κ3) is 1.93. The SMILES string of the molecule is CC(C)=C(C)/C(C)=C1/C(=O)NC(=O)N1C. The highest BCUT2D eigenvalue weighted by Crippen LogP contribution is 2.22. The van der Waals surface area contributed by atoms with Gasteiger partial charge in [-0.05, 0) is 38.8 Å². The van der Waals surface area contributed by atoms with Gasteiger partial charge in [-0.2, -0.15) is 0 Å². The number of nitrogens with zero attached hydrogens (tertiary/aromatic N) is 1. The highest BCUT2D eigenvalue weighted by molar-refractivity contribution is 6.12. The maximum absolute atomic E-state index is 11.5. The minimum Gasteiger partial charge on any atom is -0.292 e. The van der Waals surface area contributed by atoms with Crippen LogP contribution < -0.4 is 5.32 Å². The Bertz CT molecular complexity index is 387. The van der Waals surface area contributed by atoms with Gasteiger partial charge in [0.1, 0.15) is 5.70 Å². The molecule has 0 radical (unpaired) electrons. The van der Waals surface area contributed by atoms with Gasteiger partial charge in [0.15, 0.2) is 0 Å². The predicted molar refractivity (Wildman–Crippen MR) is 58.0 cm³/mol. The third-order valence-electron chi connectivity index (χ3n) is 2.74. The maximum atomic E-state index is 11.5. The molecule has 1 saturated heterocycles. The minimum atomic E-state index is -0.365.